The molecule has 1 fully saturated rings. The summed E-state index contributed by atoms with van der Waals surface area (Å²) in [6.45, 7) is 2.09. The van der Waals surface area contributed by atoms with Crippen molar-refractivity contribution in [1.82, 2.24) is 20.0 Å². The van der Waals surface area contributed by atoms with E-state index >= 15 is 0 Å². The van der Waals surface area contributed by atoms with Gasteiger partial charge in [0.1, 0.15) is 0 Å². The van der Waals surface area contributed by atoms with Gasteiger partial charge in [-0.25, -0.2) is 0 Å². The van der Waals surface area contributed by atoms with Crippen LogP contribution in [0, 0.1) is 0 Å². The number of rotatable bonds is 2. The Balaban J connectivity index is 1.73. The Kier molecular flexibility index (Phi) is 3.44. The number of aromatic nitrogens is 2. The molecule has 106 valence electrons. The highest BCUT2D eigenvalue weighted by Gasteiger charge is 2.19. The zero-order valence-corrected chi connectivity index (χ0v) is 12.0. The van der Waals surface area contributed by atoms with Crippen LogP contribution in [-0.2, 0) is 7.05 Å². The highest BCUT2D eigenvalue weighted by molar-refractivity contribution is 5.97. The van der Waals surface area contributed by atoms with Crippen molar-refractivity contribution in [3.63, 3.8) is 0 Å². The van der Waals surface area contributed by atoms with E-state index in [1.807, 2.05) is 31.4 Å². The maximum Gasteiger partial charge on any atom is 0.251 e. The van der Waals surface area contributed by atoms with E-state index in [-0.39, 0.29) is 5.91 Å². The number of nitrogens with one attached hydrogen (secondary N) is 1. The number of nitrogens with zero attached hydrogens (tertiary/aromatic N) is 3. The van der Waals surface area contributed by atoms with Crippen LogP contribution in [-0.4, -0.2) is 46.8 Å². The quantitative estimate of drug-likeness (QED) is 0.899. The third-order valence-electron chi connectivity index (χ3n) is 4.07. The summed E-state index contributed by atoms with van der Waals surface area (Å²) in [5, 5.41) is 8.40. The number of benzene rings is 1. The molecule has 1 saturated heterocycles. The number of carbonyl (C=O) groups is 1. The minimum Gasteiger partial charge on any atom is -0.349 e. The van der Waals surface area contributed by atoms with Crippen LogP contribution in [0.4, 0.5) is 0 Å². The van der Waals surface area contributed by atoms with E-state index in [1.54, 1.807) is 4.68 Å². The number of hydrogen-bond donors (Lipinski definition) is 1. The van der Waals surface area contributed by atoms with Crippen LogP contribution in [0.2, 0.25) is 0 Å². The number of fused-ring (bicyclic) bond motifs is 1. The van der Waals surface area contributed by atoms with Crippen LogP contribution < -0.4 is 5.32 Å². The SMILES string of the molecule is CN1CCC(NC(=O)c2ccc3cnn(C)c3c2)CC1. The van der Waals surface area contributed by atoms with Crippen LogP contribution in [0.3, 0.4) is 0 Å². The first-order valence-corrected chi connectivity index (χ1v) is 7.04. The van der Waals surface area contributed by atoms with Gasteiger partial charge in [-0.15, -0.1) is 0 Å². The summed E-state index contributed by atoms with van der Waals surface area (Å²) < 4.78 is 1.79. The van der Waals surface area contributed by atoms with Crippen molar-refractivity contribution in [2.75, 3.05) is 20.1 Å². The second-order valence-electron chi connectivity index (χ2n) is 5.59. The molecule has 3 rings (SSSR count). The Labute approximate surface area is 118 Å². The van der Waals surface area contributed by atoms with Gasteiger partial charge >= 0.3 is 0 Å². The van der Waals surface area contributed by atoms with Gasteiger partial charge in [0, 0.05) is 24.0 Å². The van der Waals surface area contributed by atoms with Gasteiger partial charge in [0.25, 0.3) is 5.91 Å². The molecule has 1 aromatic heterocycles. The molecule has 0 aliphatic carbocycles. The standard InChI is InChI=1S/C15H20N4O/c1-18-7-5-13(6-8-18)17-15(20)11-3-4-12-10-16-19(2)14(12)9-11/h3-4,9-10,13H,5-8H2,1-2H3,(H,17,20). The van der Waals surface area contributed by atoms with E-state index in [4.69, 9.17) is 0 Å². The third kappa shape index (κ3) is 2.54. The summed E-state index contributed by atoms with van der Waals surface area (Å²) in [5.74, 6) is 0.0163. The summed E-state index contributed by atoms with van der Waals surface area (Å²) in [6, 6.07) is 6.02. The Hall–Kier alpha value is -1.88. The minimum atomic E-state index is 0.0163. The monoisotopic (exact) mass is 272 g/mol. The van der Waals surface area contributed by atoms with Crippen LogP contribution in [0.15, 0.2) is 24.4 Å². The number of likely N-dealkylation sites (tertiary alicyclic amines) is 1. The first-order chi connectivity index (χ1) is 9.63. The molecule has 1 aliphatic rings. The molecule has 5 nitrogen and oxygen atoms in total. The largest absolute Gasteiger partial charge is 0.349 e. The summed E-state index contributed by atoms with van der Waals surface area (Å²) in [6.07, 6.45) is 3.86. The molecule has 5 heteroatoms. The van der Waals surface area contributed by atoms with Gasteiger partial charge < -0.3 is 10.2 Å². The summed E-state index contributed by atoms with van der Waals surface area (Å²) in [7, 11) is 4.01. The lowest BCUT2D eigenvalue weighted by atomic mass is 10.0. The number of hydrogen-bond acceptors (Lipinski definition) is 3. The molecular weight excluding hydrogens is 252 g/mol. The van der Waals surface area contributed by atoms with Gasteiger partial charge in [0.2, 0.25) is 0 Å². The van der Waals surface area contributed by atoms with Gasteiger partial charge in [0.15, 0.2) is 0 Å². The van der Waals surface area contributed by atoms with Gasteiger partial charge in [-0.3, -0.25) is 9.48 Å². The Morgan fingerprint density at radius 1 is 1.30 bits per heavy atom. The molecule has 1 aliphatic heterocycles. The highest BCUT2D eigenvalue weighted by atomic mass is 16.1. The zero-order chi connectivity index (χ0) is 14.1. The van der Waals surface area contributed by atoms with Gasteiger partial charge in [-0.2, -0.15) is 5.10 Å². The molecule has 20 heavy (non-hydrogen) atoms. The average molecular weight is 272 g/mol. The van der Waals surface area contributed by atoms with Crippen molar-refractivity contribution in [2.45, 2.75) is 18.9 Å². The smallest absolute Gasteiger partial charge is 0.251 e. The molecular formula is C15H20N4O. The van der Waals surface area contributed by atoms with E-state index in [0.717, 1.165) is 36.8 Å². The van der Waals surface area contributed by atoms with Crippen molar-refractivity contribution in [2.24, 2.45) is 7.05 Å². The fourth-order valence-corrected chi connectivity index (χ4v) is 2.71. The Morgan fingerprint density at radius 2 is 2.05 bits per heavy atom. The van der Waals surface area contributed by atoms with Crippen LogP contribution in [0.1, 0.15) is 23.2 Å². The molecule has 0 saturated carbocycles. The van der Waals surface area contributed by atoms with Gasteiger partial charge in [-0.1, -0.05) is 6.07 Å². The summed E-state index contributed by atoms with van der Waals surface area (Å²) >= 11 is 0. The summed E-state index contributed by atoms with van der Waals surface area (Å²) in [4.78, 5) is 14.6. The predicted molar refractivity (Wildman–Crippen MR) is 78.7 cm³/mol. The van der Waals surface area contributed by atoms with E-state index < -0.39 is 0 Å². The average Bonchev–Trinajstić information content (AvgIpc) is 2.82. The molecule has 1 N–H and O–H groups in total. The van der Waals surface area contributed by atoms with Gasteiger partial charge in [0.05, 0.1) is 11.7 Å². The van der Waals surface area contributed by atoms with E-state index in [1.165, 1.54) is 0 Å². The summed E-state index contributed by atoms with van der Waals surface area (Å²) in [5.41, 5.74) is 1.70. The van der Waals surface area contributed by atoms with Crippen LogP contribution in [0.25, 0.3) is 10.9 Å². The molecule has 0 radical (unpaired) electrons. The molecule has 0 bridgehead atoms. The first kappa shape index (κ1) is 13.1. The lowest BCUT2D eigenvalue weighted by molar-refractivity contribution is 0.0917. The molecule has 1 aromatic carbocycles. The molecule has 2 heterocycles. The molecule has 0 unspecified atom stereocenters. The van der Waals surface area contributed by atoms with E-state index in [0.29, 0.717) is 11.6 Å². The minimum absolute atomic E-state index is 0.0163. The second-order valence-corrected chi connectivity index (χ2v) is 5.59. The molecule has 0 spiro atoms. The predicted octanol–water partition coefficient (Wildman–Crippen LogP) is 1.40. The topological polar surface area (TPSA) is 50.2 Å². The van der Waals surface area contributed by atoms with E-state index in [9.17, 15) is 4.79 Å². The zero-order valence-electron chi connectivity index (χ0n) is 12.0. The van der Waals surface area contributed by atoms with Crippen molar-refractivity contribution in [1.29, 1.82) is 0 Å². The first-order valence-electron chi connectivity index (χ1n) is 7.04. The number of aryl methyl sites for hydroxylation is 1. The fraction of sp³-hybridized carbons (Fsp3) is 0.467. The van der Waals surface area contributed by atoms with Crippen molar-refractivity contribution < 1.29 is 4.79 Å². The van der Waals surface area contributed by atoms with Crippen LogP contribution >= 0.6 is 0 Å². The van der Waals surface area contributed by atoms with Crippen LogP contribution in [0.5, 0.6) is 0 Å². The lowest BCUT2D eigenvalue weighted by Crippen LogP contribution is -2.43. The second kappa shape index (κ2) is 5.25. The highest BCUT2D eigenvalue weighted by Crippen LogP contribution is 2.16. The maximum absolute atomic E-state index is 12.3. The fourth-order valence-electron chi connectivity index (χ4n) is 2.71. The normalized spacial score (nSPS) is 17.5. The Morgan fingerprint density at radius 3 is 2.80 bits per heavy atom. The number of piperidine rings is 1. The van der Waals surface area contributed by atoms with E-state index in [2.05, 4.69) is 22.4 Å². The Bertz CT molecular complexity index is 626. The maximum atomic E-state index is 12.3. The molecule has 1 amide bonds. The number of amides is 1. The van der Waals surface area contributed by atoms with Crippen molar-refractivity contribution >= 4 is 16.8 Å². The third-order valence-corrected chi connectivity index (χ3v) is 4.07. The number of carbonyl (C=O) groups excluding carboxylic acids is 1. The van der Waals surface area contributed by atoms with Crippen molar-refractivity contribution in [3.05, 3.63) is 30.0 Å². The molecule has 2 aromatic rings. The lowest BCUT2D eigenvalue weighted by Gasteiger charge is -2.29. The van der Waals surface area contributed by atoms with Crippen molar-refractivity contribution in [3.8, 4) is 0 Å². The van der Waals surface area contributed by atoms with Gasteiger partial charge in [-0.05, 0) is 45.1 Å². The molecule has 0 atom stereocenters.